The van der Waals surface area contributed by atoms with Crippen LogP contribution in [-0.2, 0) is 20.1 Å². The van der Waals surface area contributed by atoms with Crippen LogP contribution in [0.2, 0.25) is 0 Å². The summed E-state index contributed by atoms with van der Waals surface area (Å²) < 4.78 is 9.10. The van der Waals surface area contributed by atoms with Crippen LogP contribution in [0.3, 0.4) is 0 Å². The Balaban J connectivity index is 0.000000291. The zero-order valence-corrected chi connectivity index (χ0v) is 36.7. The summed E-state index contributed by atoms with van der Waals surface area (Å²) in [7, 11) is 0. The van der Waals surface area contributed by atoms with Gasteiger partial charge < -0.3 is 14.0 Å². The van der Waals surface area contributed by atoms with Crippen molar-refractivity contribution in [2.75, 3.05) is 0 Å². The number of rotatable bonds is 7. The predicted octanol–water partition coefficient (Wildman–Crippen LogP) is 15.1. The Morgan fingerprint density at radius 3 is 1.95 bits per heavy atom. The SMILES string of the molecule is CC(C)c1cc(-c2ccccc2)cc(C(C)C)c1-n1c(-c2[c-]ccc3c2oc2cc(-c4ccccc4)ccc23)nc2ccccc21.[C-]#[N+]c1cc[c-]c(-c2ccccn2)c1.[Ir]. The molecule has 1 radical (unpaired) electrons. The van der Waals surface area contributed by atoms with Gasteiger partial charge in [-0.05, 0) is 87.3 Å². The normalized spacial score (nSPS) is 11.1. The van der Waals surface area contributed by atoms with Crippen LogP contribution < -0.4 is 0 Å². The standard InChI is InChI=1S/C43H35N2O.C12H7N2.Ir/c1-27(2)36-24-32(30-16-9-6-10-17-30)25-37(28(3)4)41(36)45-39-21-12-11-20-38(39)44-43(45)35-19-13-18-34-33-23-22-31(26-40(33)46-42(34)35)29-14-7-5-8-15-29;1-13-11-6-4-5-10(9-11)12-7-2-3-8-14-12;/h5-18,20-28H,1-4H3;2-4,6-9H;/q2*-1;. The molecule has 0 atom stereocenters. The molecule has 0 aliphatic carbocycles. The third kappa shape index (κ3) is 8.07. The number of hydrogen-bond acceptors (Lipinski definition) is 3. The van der Waals surface area contributed by atoms with E-state index >= 15 is 0 Å². The number of aromatic nitrogens is 3. The van der Waals surface area contributed by atoms with Crippen molar-refractivity contribution < 1.29 is 24.5 Å². The number of imidazole rings is 1. The number of pyridine rings is 1. The summed E-state index contributed by atoms with van der Waals surface area (Å²) in [5.74, 6) is 1.41. The van der Waals surface area contributed by atoms with Crippen molar-refractivity contribution in [2.24, 2.45) is 0 Å². The second-order valence-electron chi connectivity index (χ2n) is 15.5. The van der Waals surface area contributed by atoms with Gasteiger partial charge in [0.1, 0.15) is 11.3 Å². The van der Waals surface area contributed by atoms with E-state index in [4.69, 9.17) is 16.0 Å². The minimum atomic E-state index is 0. The van der Waals surface area contributed by atoms with Crippen molar-refractivity contribution in [2.45, 2.75) is 39.5 Å². The van der Waals surface area contributed by atoms with Gasteiger partial charge in [-0.1, -0.05) is 136 Å². The third-order valence-electron chi connectivity index (χ3n) is 10.9. The fourth-order valence-corrected chi connectivity index (χ4v) is 7.95. The van der Waals surface area contributed by atoms with Gasteiger partial charge in [-0.15, -0.1) is 42.0 Å². The number of benzene rings is 7. The molecule has 0 bridgehead atoms. The maximum absolute atomic E-state index is 6.89. The molecule has 61 heavy (non-hydrogen) atoms. The van der Waals surface area contributed by atoms with Gasteiger partial charge in [-0.25, -0.2) is 0 Å². The first kappa shape index (κ1) is 40.9. The number of para-hydroxylation sites is 2. The molecule has 3 aromatic heterocycles. The van der Waals surface area contributed by atoms with Gasteiger partial charge in [0.15, 0.2) is 0 Å². The second kappa shape index (κ2) is 17.8. The van der Waals surface area contributed by atoms with Crippen molar-refractivity contribution >= 4 is 38.7 Å². The molecule has 0 spiro atoms. The Bertz CT molecular complexity index is 3130. The van der Waals surface area contributed by atoms with Gasteiger partial charge in [0.2, 0.25) is 0 Å². The molecule has 0 unspecified atom stereocenters. The average molecular weight is 967 g/mol. The smallest absolute Gasteiger partial charge is 0.121 e. The van der Waals surface area contributed by atoms with Gasteiger partial charge in [-0.2, -0.15) is 6.07 Å². The van der Waals surface area contributed by atoms with Crippen LogP contribution in [0.25, 0.3) is 88.4 Å². The monoisotopic (exact) mass is 967 g/mol. The van der Waals surface area contributed by atoms with E-state index < -0.39 is 0 Å². The maximum Gasteiger partial charge on any atom is 0.121 e. The van der Waals surface area contributed by atoms with Gasteiger partial charge in [0.25, 0.3) is 0 Å². The average Bonchev–Trinajstić information content (AvgIpc) is 3.88. The number of hydrogen-bond donors (Lipinski definition) is 0. The molecule has 3 heterocycles. The molecule has 6 heteroatoms. The van der Waals surface area contributed by atoms with Crippen molar-refractivity contribution in [3.63, 3.8) is 0 Å². The van der Waals surface area contributed by atoms with Gasteiger partial charge in [0, 0.05) is 37.4 Å². The van der Waals surface area contributed by atoms with E-state index in [0.29, 0.717) is 5.69 Å². The molecule has 0 aliphatic heterocycles. The molecule has 0 amide bonds. The van der Waals surface area contributed by atoms with E-state index in [0.717, 1.165) is 61.2 Å². The van der Waals surface area contributed by atoms with Crippen molar-refractivity contribution in [1.82, 2.24) is 14.5 Å². The Morgan fingerprint density at radius 2 is 1.28 bits per heavy atom. The minimum absolute atomic E-state index is 0. The molecule has 7 aromatic carbocycles. The van der Waals surface area contributed by atoms with Gasteiger partial charge in [-0.3, -0.25) is 9.83 Å². The molecular formula is C55H42IrN4O-2. The van der Waals surface area contributed by atoms with E-state index in [1.807, 2.05) is 30.3 Å². The molecule has 0 aliphatic rings. The van der Waals surface area contributed by atoms with Gasteiger partial charge in [0.05, 0.1) is 29.0 Å². The minimum Gasteiger partial charge on any atom is -0.501 e. The Morgan fingerprint density at radius 1 is 0.623 bits per heavy atom. The van der Waals surface area contributed by atoms with E-state index in [1.54, 1.807) is 24.4 Å². The molecule has 0 fully saturated rings. The number of nitrogens with zero attached hydrogens (tertiary/aromatic N) is 4. The fraction of sp³-hybridized carbons (Fsp3) is 0.109. The zero-order chi connectivity index (χ0) is 41.2. The molecular weight excluding hydrogens is 925 g/mol. The van der Waals surface area contributed by atoms with Crippen LogP contribution in [0.4, 0.5) is 5.69 Å². The van der Waals surface area contributed by atoms with Crippen molar-refractivity contribution in [1.29, 1.82) is 0 Å². The molecule has 5 nitrogen and oxygen atoms in total. The summed E-state index contributed by atoms with van der Waals surface area (Å²) in [6.45, 7) is 16.0. The summed E-state index contributed by atoms with van der Waals surface area (Å²) in [4.78, 5) is 12.8. The quantitative estimate of drug-likeness (QED) is 0.150. The first-order valence-electron chi connectivity index (χ1n) is 20.3. The van der Waals surface area contributed by atoms with Crippen LogP contribution >= 0.6 is 0 Å². The fourth-order valence-electron chi connectivity index (χ4n) is 7.95. The molecule has 10 rings (SSSR count). The molecule has 0 N–H and O–H groups in total. The summed E-state index contributed by atoms with van der Waals surface area (Å²) >= 11 is 0. The zero-order valence-electron chi connectivity index (χ0n) is 34.4. The molecule has 10 aromatic rings. The largest absolute Gasteiger partial charge is 0.501 e. The summed E-state index contributed by atoms with van der Waals surface area (Å²) in [6, 6.07) is 62.5. The van der Waals surface area contributed by atoms with E-state index in [2.05, 4.69) is 169 Å². The topological polar surface area (TPSA) is 48.2 Å². The van der Waals surface area contributed by atoms with Gasteiger partial charge >= 0.3 is 0 Å². The Hall–Kier alpha value is -6.90. The Labute approximate surface area is 370 Å². The van der Waals surface area contributed by atoms with Crippen molar-refractivity contribution in [3.05, 3.63) is 205 Å². The molecule has 0 saturated carbocycles. The summed E-state index contributed by atoms with van der Waals surface area (Å²) in [6.07, 6.45) is 1.73. The van der Waals surface area contributed by atoms with Crippen molar-refractivity contribution in [3.8, 4) is 50.6 Å². The number of furan rings is 1. The van der Waals surface area contributed by atoms with Crippen LogP contribution in [-0.4, -0.2) is 14.5 Å². The molecule has 0 saturated heterocycles. The Kier molecular flexibility index (Phi) is 11.9. The second-order valence-corrected chi connectivity index (χ2v) is 15.5. The predicted molar refractivity (Wildman–Crippen MR) is 246 cm³/mol. The third-order valence-corrected chi connectivity index (χ3v) is 10.9. The number of fused-ring (bicyclic) bond motifs is 4. The van der Waals surface area contributed by atoms with E-state index in [1.165, 1.54) is 33.5 Å². The maximum atomic E-state index is 6.89. The van der Waals surface area contributed by atoms with Crippen LogP contribution in [0.5, 0.6) is 0 Å². The van der Waals surface area contributed by atoms with E-state index in [-0.39, 0.29) is 31.9 Å². The summed E-state index contributed by atoms with van der Waals surface area (Å²) in [5, 5.41) is 2.15. The molecule has 299 valence electrons. The van der Waals surface area contributed by atoms with E-state index in [9.17, 15) is 0 Å². The first-order chi connectivity index (χ1) is 29.4. The first-order valence-corrected chi connectivity index (χ1v) is 20.3. The summed E-state index contributed by atoms with van der Waals surface area (Å²) in [5.41, 5.74) is 15.4. The van der Waals surface area contributed by atoms with Crippen LogP contribution in [0, 0.1) is 18.7 Å². The van der Waals surface area contributed by atoms with Crippen LogP contribution in [0.15, 0.2) is 174 Å². The van der Waals surface area contributed by atoms with Crippen LogP contribution in [0.1, 0.15) is 50.7 Å².